The molecule has 0 aliphatic carbocycles. The highest BCUT2D eigenvalue weighted by atomic mass is 16.5. The van der Waals surface area contributed by atoms with Gasteiger partial charge in [-0.15, -0.1) is 0 Å². The second kappa shape index (κ2) is 12.5. The van der Waals surface area contributed by atoms with Crippen molar-refractivity contribution in [1.82, 2.24) is 15.1 Å². The average molecular weight is 513 g/mol. The minimum atomic E-state index is -0.0579. The van der Waals surface area contributed by atoms with Gasteiger partial charge in [-0.05, 0) is 75.1 Å². The van der Waals surface area contributed by atoms with E-state index in [2.05, 4.69) is 82.8 Å². The van der Waals surface area contributed by atoms with Gasteiger partial charge in [0.2, 0.25) is 0 Å². The van der Waals surface area contributed by atoms with Crippen molar-refractivity contribution in [3.8, 4) is 5.75 Å². The van der Waals surface area contributed by atoms with Gasteiger partial charge in [0.25, 0.3) is 5.91 Å². The van der Waals surface area contributed by atoms with E-state index < -0.39 is 0 Å². The molecule has 6 heteroatoms. The van der Waals surface area contributed by atoms with Crippen LogP contribution >= 0.6 is 0 Å². The second-order valence-corrected chi connectivity index (χ2v) is 10.8. The first-order valence-corrected chi connectivity index (χ1v) is 13.9. The number of carbonyl (C=O) groups excluding carboxylic acids is 1. The zero-order valence-electron chi connectivity index (χ0n) is 22.4. The number of anilines is 1. The molecule has 0 radical (unpaired) electrons. The van der Waals surface area contributed by atoms with Crippen LogP contribution in [0, 0.1) is 0 Å². The first kappa shape index (κ1) is 26.3. The Morgan fingerprint density at radius 1 is 0.895 bits per heavy atom. The van der Waals surface area contributed by atoms with Gasteiger partial charge < -0.3 is 25.6 Å². The highest BCUT2D eigenvalue weighted by Gasteiger charge is 2.25. The number of rotatable bonds is 8. The molecule has 200 valence electrons. The zero-order chi connectivity index (χ0) is 26.3. The molecular formula is C32H40N4O2. The van der Waals surface area contributed by atoms with E-state index in [0.29, 0.717) is 22.9 Å². The molecule has 3 aromatic rings. The van der Waals surface area contributed by atoms with Gasteiger partial charge in [0, 0.05) is 37.2 Å². The lowest BCUT2D eigenvalue weighted by Crippen LogP contribution is -2.43. The van der Waals surface area contributed by atoms with Crippen molar-refractivity contribution in [3.05, 3.63) is 95.6 Å². The Morgan fingerprint density at radius 2 is 1.50 bits per heavy atom. The Labute approximate surface area is 226 Å². The fraction of sp³-hybridized carbons (Fsp3) is 0.406. The van der Waals surface area contributed by atoms with E-state index in [1.165, 1.54) is 11.1 Å². The number of carbonyl (C=O) groups is 1. The van der Waals surface area contributed by atoms with Crippen molar-refractivity contribution in [3.63, 3.8) is 0 Å². The van der Waals surface area contributed by atoms with Crippen LogP contribution in [0.2, 0.25) is 0 Å². The zero-order valence-corrected chi connectivity index (χ0v) is 22.4. The Kier molecular flexibility index (Phi) is 8.61. The molecule has 2 fully saturated rings. The number of nitrogens with one attached hydrogen (secondary N) is 1. The van der Waals surface area contributed by atoms with Crippen LogP contribution in [0.5, 0.6) is 5.75 Å². The van der Waals surface area contributed by atoms with Crippen molar-refractivity contribution in [2.45, 2.75) is 43.7 Å². The molecule has 2 heterocycles. The topological polar surface area (TPSA) is 70.8 Å². The van der Waals surface area contributed by atoms with E-state index in [4.69, 9.17) is 10.5 Å². The summed E-state index contributed by atoms with van der Waals surface area (Å²) in [5.41, 5.74) is 10.1. The van der Waals surface area contributed by atoms with Crippen molar-refractivity contribution >= 4 is 11.6 Å². The number of amides is 1. The summed E-state index contributed by atoms with van der Waals surface area (Å²) in [6.07, 6.45) is 3.99. The van der Waals surface area contributed by atoms with Crippen LogP contribution in [0.15, 0.2) is 78.9 Å². The van der Waals surface area contributed by atoms with Crippen molar-refractivity contribution in [1.29, 1.82) is 0 Å². The molecule has 0 spiro atoms. The van der Waals surface area contributed by atoms with Gasteiger partial charge in [-0.1, -0.05) is 60.7 Å². The number of likely N-dealkylation sites (tertiary alicyclic amines) is 2. The van der Waals surface area contributed by atoms with Crippen LogP contribution < -0.4 is 15.8 Å². The number of hydrogen-bond acceptors (Lipinski definition) is 5. The maximum atomic E-state index is 12.8. The Morgan fingerprint density at radius 3 is 2.08 bits per heavy atom. The van der Waals surface area contributed by atoms with E-state index in [1.807, 2.05) is 12.1 Å². The van der Waals surface area contributed by atoms with Crippen LogP contribution in [0.25, 0.3) is 0 Å². The monoisotopic (exact) mass is 512 g/mol. The van der Waals surface area contributed by atoms with E-state index >= 15 is 0 Å². The summed E-state index contributed by atoms with van der Waals surface area (Å²) in [6.45, 7) is 4.98. The molecule has 0 aromatic heterocycles. The summed E-state index contributed by atoms with van der Waals surface area (Å²) in [7, 11) is 2.12. The molecule has 2 aliphatic rings. The lowest BCUT2D eigenvalue weighted by Gasteiger charge is -2.35. The standard InChI is InChI=1S/C32H40N4O2/c1-35-18-14-27(15-19-35)34-32(37)26-12-13-31(30(33)22-26)38-28-16-20-36(21-17-28)23-29(24-8-4-2-5-9-24)25-10-6-3-7-11-25/h2-13,22,27-29H,14-21,23,33H2,1H3,(H,34,37). The van der Waals surface area contributed by atoms with Crippen LogP contribution in [0.3, 0.4) is 0 Å². The quantitative estimate of drug-likeness (QED) is 0.426. The molecule has 5 rings (SSSR count). The van der Waals surface area contributed by atoms with Crippen LogP contribution in [-0.4, -0.2) is 67.6 Å². The number of nitrogens with zero attached hydrogens (tertiary/aromatic N) is 2. The highest BCUT2D eigenvalue weighted by molar-refractivity contribution is 5.95. The van der Waals surface area contributed by atoms with Gasteiger partial charge >= 0.3 is 0 Å². The van der Waals surface area contributed by atoms with E-state index in [0.717, 1.165) is 58.4 Å². The second-order valence-electron chi connectivity index (χ2n) is 10.8. The number of ether oxygens (including phenoxy) is 1. The maximum absolute atomic E-state index is 12.8. The molecule has 1 amide bonds. The third-order valence-electron chi connectivity index (χ3n) is 8.00. The molecular weight excluding hydrogens is 472 g/mol. The van der Waals surface area contributed by atoms with Crippen LogP contribution in [0.1, 0.15) is 53.1 Å². The highest BCUT2D eigenvalue weighted by Crippen LogP contribution is 2.29. The molecule has 0 bridgehead atoms. The predicted octanol–water partition coefficient (Wildman–Crippen LogP) is 4.77. The van der Waals surface area contributed by atoms with Crippen LogP contribution in [-0.2, 0) is 0 Å². The smallest absolute Gasteiger partial charge is 0.251 e. The Balaban J connectivity index is 1.14. The summed E-state index contributed by atoms with van der Waals surface area (Å²) in [5, 5.41) is 3.16. The summed E-state index contributed by atoms with van der Waals surface area (Å²) >= 11 is 0. The Hall–Kier alpha value is -3.35. The normalized spacial score (nSPS) is 17.9. The lowest BCUT2D eigenvalue weighted by molar-refractivity contribution is 0.0916. The molecule has 38 heavy (non-hydrogen) atoms. The van der Waals surface area contributed by atoms with Crippen molar-refractivity contribution in [2.24, 2.45) is 0 Å². The third kappa shape index (κ3) is 6.74. The third-order valence-corrected chi connectivity index (χ3v) is 8.00. The lowest BCUT2D eigenvalue weighted by atomic mass is 9.90. The summed E-state index contributed by atoms with van der Waals surface area (Å²) in [6, 6.07) is 27.2. The molecule has 2 aliphatic heterocycles. The fourth-order valence-electron chi connectivity index (χ4n) is 5.64. The van der Waals surface area contributed by atoms with Gasteiger partial charge in [-0.3, -0.25) is 4.79 Å². The maximum Gasteiger partial charge on any atom is 0.251 e. The van der Waals surface area contributed by atoms with E-state index in [9.17, 15) is 4.79 Å². The van der Waals surface area contributed by atoms with Gasteiger partial charge in [0.05, 0.1) is 5.69 Å². The number of nitrogen functional groups attached to an aromatic ring is 1. The van der Waals surface area contributed by atoms with Gasteiger partial charge in [0.1, 0.15) is 11.9 Å². The minimum Gasteiger partial charge on any atom is -0.488 e. The summed E-state index contributed by atoms with van der Waals surface area (Å²) < 4.78 is 6.32. The predicted molar refractivity (Wildman–Crippen MR) is 154 cm³/mol. The van der Waals surface area contributed by atoms with Crippen LogP contribution in [0.4, 0.5) is 5.69 Å². The minimum absolute atomic E-state index is 0.0579. The molecule has 0 saturated carbocycles. The van der Waals surface area contributed by atoms with E-state index in [1.54, 1.807) is 6.07 Å². The largest absolute Gasteiger partial charge is 0.488 e. The average Bonchev–Trinajstić information content (AvgIpc) is 2.96. The van der Waals surface area contributed by atoms with Gasteiger partial charge in [0.15, 0.2) is 0 Å². The number of piperidine rings is 2. The summed E-state index contributed by atoms with van der Waals surface area (Å²) in [5.74, 6) is 0.960. The molecule has 3 N–H and O–H groups in total. The first-order valence-electron chi connectivity index (χ1n) is 13.9. The van der Waals surface area contributed by atoms with Gasteiger partial charge in [-0.2, -0.15) is 0 Å². The number of benzene rings is 3. The van der Waals surface area contributed by atoms with Gasteiger partial charge in [-0.25, -0.2) is 0 Å². The molecule has 2 saturated heterocycles. The van der Waals surface area contributed by atoms with E-state index in [-0.39, 0.29) is 18.1 Å². The molecule has 0 atom stereocenters. The molecule has 6 nitrogen and oxygen atoms in total. The SMILES string of the molecule is CN1CCC(NC(=O)c2ccc(OC3CCN(CC(c4ccccc4)c4ccccc4)CC3)c(N)c2)CC1. The first-order chi connectivity index (χ1) is 18.5. The molecule has 0 unspecified atom stereocenters. The van der Waals surface area contributed by atoms with Crippen molar-refractivity contribution < 1.29 is 9.53 Å². The van der Waals surface area contributed by atoms with Crippen molar-refractivity contribution in [2.75, 3.05) is 45.5 Å². The Bertz CT molecular complexity index is 1130. The number of nitrogens with two attached hydrogens (primary N) is 1. The summed E-state index contributed by atoms with van der Waals surface area (Å²) in [4.78, 5) is 17.6. The molecule has 3 aromatic carbocycles. The fourth-order valence-corrected chi connectivity index (χ4v) is 5.64. The number of hydrogen-bond donors (Lipinski definition) is 2.